The Morgan fingerprint density at radius 1 is 1.36 bits per heavy atom. The van der Waals surface area contributed by atoms with Crippen LogP contribution in [-0.4, -0.2) is 6.08 Å². The zero-order valence-corrected chi connectivity index (χ0v) is 8.76. The molecule has 0 unspecified atom stereocenters. The minimum Gasteiger partial charge on any atom is -0.211 e. The molecule has 0 aromatic heterocycles. The summed E-state index contributed by atoms with van der Waals surface area (Å²) in [6.07, 6.45) is -3.41. The maximum atomic E-state index is 12.4. The van der Waals surface area contributed by atoms with Crippen LogP contribution in [0.25, 0.3) is 0 Å². The van der Waals surface area contributed by atoms with Gasteiger partial charge in [0, 0.05) is 3.57 Å². The van der Waals surface area contributed by atoms with E-state index in [9.17, 15) is 18.0 Å². The summed E-state index contributed by atoms with van der Waals surface area (Å²) in [5.74, 6) is 0. The summed E-state index contributed by atoms with van der Waals surface area (Å²) in [5.41, 5.74) is -1.33. The number of hydrogen-bond acceptors (Lipinski definition) is 2. The molecule has 74 valence electrons. The van der Waals surface area contributed by atoms with Gasteiger partial charge in [0.15, 0.2) is 0 Å². The molecule has 0 radical (unpaired) electrons. The highest BCUT2D eigenvalue weighted by Gasteiger charge is 2.33. The first-order valence-electron chi connectivity index (χ1n) is 3.40. The van der Waals surface area contributed by atoms with Crippen LogP contribution in [-0.2, 0) is 11.0 Å². The fourth-order valence-corrected chi connectivity index (χ4v) is 1.37. The van der Waals surface area contributed by atoms with E-state index in [2.05, 4.69) is 4.99 Å². The third kappa shape index (κ3) is 2.55. The van der Waals surface area contributed by atoms with Gasteiger partial charge in [-0.05, 0) is 40.8 Å². The van der Waals surface area contributed by atoms with Crippen LogP contribution in [0.15, 0.2) is 23.2 Å². The van der Waals surface area contributed by atoms with Crippen molar-refractivity contribution in [2.75, 3.05) is 0 Å². The fraction of sp³-hybridized carbons (Fsp3) is 0.125. The van der Waals surface area contributed by atoms with Crippen molar-refractivity contribution in [1.82, 2.24) is 0 Å². The zero-order chi connectivity index (χ0) is 10.8. The number of benzene rings is 1. The quantitative estimate of drug-likeness (QED) is 0.444. The molecule has 1 aromatic rings. The molecular formula is C8H3F3INO. The van der Waals surface area contributed by atoms with Crippen LogP contribution < -0.4 is 0 Å². The molecule has 1 rings (SSSR count). The summed E-state index contributed by atoms with van der Waals surface area (Å²) in [6.45, 7) is 0. The maximum Gasteiger partial charge on any atom is 0.418 e. The summed E-state index contributed by atoms with van der Waals surface area (Å²) in [4.78, 5) is 12.9. The molecule has 0 heterocycles. The van der Waals surface area contributed by atoms with E-state index in [1.54, 1.807) is 22.6 Å². The predicted molar refractivity (Wildman–Crippen MR) is 51.9 cm³/mol. The van der Waals surface area contributed by atoms with Gasteiger partial charge in [-0.15, -0.1) is 0 Å². The molecule has 0 atom stereocenters. The highest BCUT2D eigenvalue weighted by Crippen LogP contribution is 2.36. The molecule has 0 spiro atoms. The second-order valence-corrected chi connectivity index (χ2v) is 3.61. The van der Waals surface area contributed by atoms with Crippen LogP contribution in [0, 0.1) is 3.57 Å². The molecular weight excluding hydrogens is 310 g/mol. The highest BCUT2D eigenvalue weighted by molar-refractivity contribution is 14.1. The monoisotopic (exact) mass is 313 g/mol. The number of carbonyl (C=O) groups excluding carboxylic acids is 1. The number of nitrogens with zero attached hydrogens (tertiary/aromatic N) is 1. The lowest BCUT2D eigenvalue weighted by Crippen LogP contribution is -2.05. The van der Waals surface area contributed by atoms with Crippen molar-refractivity contribution in [2.45, 2.75) is 6.18 Å². The van der Waals surface area contributed by atoms with Crippen molar-refractivity contribution in [3.05, 3.63) is 27.3 Å². The summed E-state index contributed by atoms with van der Waals surface area (Å²) in [5, 5.41) is 0. The van der Waals surface area contributed by atoms with Gasteiger partial charge in [0.05, 0.1) is 11.3 Å². The summed E-state index contributed by atoms with van der Waals surface area (Å²) in [7, 11) is 0. The van der Waals surface area contributed by atoms with Gasteiger partial charge in [-0.1, -0.05) is 0 Å². The number of alkyl halides is 3. The Labute approximate surface area is 91.0 Å². The first-order valence-corrected chi connectivity index (χ1v) is 4.47. The molecule has 0 saturated heterocycles. The summed E-state index contributed by atoms with van der Waals surface area (Å²) < 4.78 is 37.5. The standard InChI is InChI=1S/C8H3F3INO/c9-8(10,11)6-3-5(12)1-2-7(6)13-4-14/h1-3H. The van der Waals surface area contributed by atoms with E-state index >= 15 is 0 Å². The lowest BCUT2D eigenvalue weighted by Gasteiger charge is -2.08. The number of aliphatic imine (C=N–C) groups is 1. The van der Waals surface area contributed by atoms with Crippen molar-refractivity contribution in [1.29, 1.82) is 0 Å². The molecule has 6 heteroatoms. The summed E-state index contributed by atoms with van der Waals surface area (Å²) in [6, 6.07) is 3.50. The normalized spacial score (nSPS) is 10.9. The minimum absolute atomic E-state index is 0.409. The molecule has 14 heavy (non-hydrogen) atoms. The lowest BCUT2D eigenvalue weighted by molar-refractivity contribution is -0.137. The average molecular weight is 313 g/mol. The Bertz CT molecular complexity index is 396. The van der Waals surface area contributed by atoms with Crippen LogP contribution >= 0.6 is 22.6 Å². The minimum atomic E-state index is -4.50. The molecule has 0 aliphatic heterocycles. The first kappa shape index (κ1) is 11.2. The van der Waals surface area contributed by atoms with Gasteiger partial charge in [0.25, 0.3) is 0 Å². The third-order valence-electron chi connectivity index (χ3n) is 1.43. The van der Waals surface area contributed by atoms with Crippen LogP contribution in [0.3, 0.4) is 0 Å². The van der Waals surface area contributed by atoms with Gasteiger partial charge in [-0.3, -0.25) is 0 Å². The van der Waals surface area contributed by atoms with E-state index in [4.69, 9.17) is 0 Å². The molecule has 0 aliphatic rings. The molecule has 0 bridgehead atoms. The zero-order valence-electron chi connectivity index (χ0n) is 6.60. The Morgan fingerprint density at radius 2 is 2.00 bits per heavy atom. The molecule has 0 saturated carbocycles. The van der Waals surface area contributed by atoms with Gasteiger partial charge in [0.1, 0.15) is 0 Å². The molecule has 0 N–H and O–H groups in total. The third-order valence-corrected chi connectivity index (χ3v) is 2.10. The van der Waals surface area contributed by atoms with E-state index in [0.717, 1.165) is 18.2 Å². The van der Waals surface area contributed by atoms with Gasteiger partial charge in [0.2, 0.25) is 6.08 Å². The summed E-state index contributed by atoms with van der Waals surface area (Å²) >= 11 is 1.75. The molecule has 0 aliphatic carbocycles. The van der Waals surface area contributed by atoms with Crippen LogP contribution in [0.4, 0.5) is 18.9 Å². The van der Waals surface area contributed by atoms with Crippen LogP contribution in [0.5, 0.6) is 0 Å². The molecule has 2 nitrogen and oxygen atoms in total. The smallest absolute Gasteiger partial charge is 0.211 e. The largest absolute Gasteiger partial charge is 0.418 e. The maximum absolute atomic E-state index is 12.4. The Balaban J connectivity index is 3.37. The van der Waals surface area contributed by atoms with Gasteiger partial charge >= 0.3 is 6.18 Å². The first-order chi connectivity index (χ1) is 6.45. The van der Waals surface area contributed by atoms with E-state index in [1.807, 2.05) is 0 Å². The predicted octanol–water partition coefficient (Wildman–Crippen LogP) is 3.28. The van der Waals surface area contributed by atoms with E-state index in [-0.39, 0.29) is 0 Å². The fourth-order valence-electron chi connectivity index (χ4n) is 0.882. The van der Waals surface area contributed by atoms with Crippen molar-refractivity contribution in [3.8, 4) is 0 Å². The average Bonchev–Trinajstić information content (AvgIpc) is 2.07. The molecule has 1 aromatic carbocycles. The van der Waals surface area contributed by atoms with Crippen LogP contribution in [0.2, 0.25) is 0 Å². The van der Waals surface area contributed by atoms with Crippen LogP contribution in [0.1, 0.15) is 5.56 Å². The van der Waals surface area contributed by atoms with Gasteiger partial charge < -0.3 is 0 Å². The van der Waals surface area contributed by atoms with Crippen molar-refractivity contribution >= 4 is 34.4 Å². The number of halogens is 4. The van der Waals surface area contributed by atoms with Crippen molar-refractivity contribution in [3.63, 3.8) is 0 Å². The van der Waals surface area contributed by atoms with Gasteiger partial charge in [-0.2, -0.15) is 18.2 Å². The Kier molecular flexibility index (Phi) is 3.28. The topological polar surface area (TPSA) is 29.4 Å². The number of isocyanates is 1. The molecule has 0 fully saturated rings. The Hall–Kier alpha value is -0.880. The van der Waals surface area contributed by atoms with E-state index < -0.39 is 17.4 Å². The van der Waals surface area contributed by atoms with Crippen molar-refractivity contribution < 1.29 is 18.0 Å². The SMILES string of the molecule is O=C=Nc1ccc(I)cc1C(F)(F)F. The second kappa shape index (κ2) is 4.10. The second-order valence-electron chi connectivity index (χ2n) is 2.36. The molecule has 0 amide bonds. The number of hydrogen-bond donors (Lipinski definition) is 0. The van der Waals surface area contributed by atoms with Gasteiger partial charge in [-0.25, -0.2) is 4.79 Å². The Morgan fingerprint density at radius 3 is 2.50 bits per heavy atom. The van der Waals surface area contributed by atoms with Crippen molar-refractivity contribution in [2.24, 2.45) is 4.99 Å². The number of rotatable bonds is 1. The van der Waals surface area contributed by atoms with E-state index in [1.165, 1.54) is 6.07 Å². The highest BCUT2D eigenvalue weighted by atomic mass is 127. The van der Waals surface area contributed by atoms with E-state index in [0.29, 0.717) is 3.57 Å². The lowest BCUT2D eigenvalue weighted by atomic mass is 10.2.